The first kappa shape index (κ1) is 13.5. The second kappa shape index (κ2) is 6.33. The van der Waals surface area contributed by atoms with E-state index < -0.39 is 0 Å². The molecule has 0 saturated carbocycles. The minimum absolute atomic E-state index is 0.657. The molecule has 0 aliphatic carbocycles. The van der Waals surface area contributed by atoms with Crippen LogP contribution in [0.2, 0.25) is 0 Å². The summed E-state index contributed by atoms with van der Waals surface area (Å²) < 4.78 is 0. The van der Waals surface area contributed by atoms with Crippen LogP contribution in [-0.2, 0) is 6.54 Å². The Kier molecular flexibility index (Phi) is 4.28. The summed E-state index contributed by atoms with van der Waals surface area (Å²) in [5.41, 5.74) is 2.45. The van der Waals surface area contributed by atoms with Crippen LogP contribution in [0.5, 0.6) is 0 Å². The molecule has 2 heterocycles. The van der Waals surface area contributed by atoms with E-state index in [0.717, 1.165) is 12.1 Å². The maximum atomic E-state index is 4.42. The molecule has 1 aromatic carbocycles. The number of likely N-dealkylation sites (tertiary alicyclic amines) is 1. The molecule has 3 rings (SSSR count). The van der Waals surface area contributed by atoms with Crippen molar-refractivity contribution in [2.24, 2.45) is 0 Å². The Bertz CT molecular complexity index is 554. The number of piperidine rings is 1. The Morgan fingerprint density at radius 3 is 2.80 bits per heavy atom. The molecule has 1 N–H and O–H groups in total. The van der Waals surface area contributed by atoms with E-state index in [9.17, 15) is 0 Å². The van der Waals surface area contributed by atoms with Crippen LogP contribution in [0.25, 0.3) is 10.9 Å². The first-order valence-electron chi connectivity index (χ1n) is 7.65. The van der Waals surface area contributed by atoms with E-state index in [1.807, 2.05) is 12.3 Å². The van der Waals surface area contributed by atoms with E-state index in [4.69, 9.17) is 0 Å². The van der Waals surface area contributed by atoms with Gasteiger partial charge in [-0.2, -0.15) is 0 Å². The molecule has 1 fully saturated rings. The zero-order valence-electron chi connectivity index (χ0n) is 12.2. The smallest absolute Gasteiger partial charge is 0.0705 e. The van der Waals surface area contributed by atoms with Crippen LogP contribution < -0.4 is 5.32 Å². The van der Waals surface area contributed by atoms with E-state index >= 15 is 0 Å². The van der Waals surface area contributed by atoms with E-state index in [0.29, 0.717) is 6.04 Å². The van der Waals surface area contributed by atoms with Gasteiger partial charge in [0.2, 0.25) is 0 Å². The Balaban J connectivity index is 1.63. The number of aromatic nitrogens is 1. The second-order valence-corrected chi connectivity index (χ2v) is 5.58. The highest BCUT2D eigenvalue weighted by molar-refractivity contribution is 5.81. The van der Waals surface area contributed by atoms with Crippen LogP contribution in [0.15, 0.2) is 36.5 Å². The minimum Gasteiger partial charge on any atom is -0.310 e. The number of nitrogens with one attached hydrogen (secondary N) is 1. The molecule has 0 unspecified atom stereocenters. The van der Waals surface area contributed by atoms with Crippen LogP contribution in [0, 0.1) is 0 Å². The molecule has 1 aliphatic heterocycles. The molecule has 2 aromatic rings. The van der Waals surface area contributed by atoms with Gasteiger partial charge in [0.1, 0.15) is 0 Å². The van der Waals surface area contributed by atoms with Crippen LogP contribution >= 0.6 is 0 Å². The highest BCUT2D eigenvalue weighted by Gasteiger charge is 2.17. The predicted molar refractivity (Wildman–Crippen MR) is 83.7 cm³/mol. The topological polar surface area (TPSA) is 28.2 Å². The maximum absolute atomic E-state index is 4.42. The van der Waals surface area contributed by atoms with Crippen LogP contribution in [-0.4, -0.2) is 35.6 Å². The van der Waals surface area contributed by atoms with Crippen molar-refractivity contribution in [3.05, 3.63) is 42.1 Å². The number of hydrogen-bond acceptors (Lipinski definition) is 3. The summed E-state index contributed by atoms with van der Waals surface area (Å²) in [5, 5.41) is 4.99. The van der Waals surface area contributed by atoms with Gasteiger partial charge in [0, 0.05) is 24.2 Å². The van der Waals surface area contributed by atoms with E-state index in [1.54, 1.807) is 0 Å². The highest BCUT2D eigenvalue weighted by atomic mass is 15.1. The van der Waals surface area contributed by atoms with Gasteiger partial charge >= 0.3 is 0 Å². The van der Waals surface area contributed by atoms with Crippen LogP contribution in [0.1, 0.15) is 25.3 Å². The normalized spacial score (nSPS) is 17.6. The Morgan fingerprint density at radius 1 is 1.20 bits per heavy atom. The first-order valence-corrected chi connectivity index (χ1v) is 7.65. The van der Waals surface area contributed by atoms with Gasteiger partial charge in [-0.15, -0.1) is 0 Å². The van der Waals surface area contributed by atoms with Gasteiger partial charge in [0.25, 0.3) is 0 Å². The summed E-state index contributed by atoms with van der Waals surface area (Å²) in [6.45, 7) is 6.83. The van der Waals surface area contributed by atoms with E-state index in [1.165, 1.54) is 43.4 Å². The molecule has 106 valence electrons. The lowest BCUT2D eigenvalue weighted by molar-refractivity contribution is 0.206. The number of hydrogen-bond donors (Lipinski definition) is 1. The summed E-state index contributed by atoms with van der Waals surface area (Å²) in [6, 6.07) is 11.2. The standard InChI is InChI=1S/C17H23N3/c1-2-20-11-8-15(9-12-20)19-13-14-7-10-18-17-6-4-3-5-16(14)17/h3-7,10,15,19H,2,8-9,11-13H2,1H3. The molecule has 0 atom stereocenters. The molecule has 1 saturated heterocycles. The van der Waals surface area contributed by atoms with Gasteiger partial charge in [0.05, 0.1) is 5.52 Å². The third kappa shape index (κ3) is 3.00. The van der Waals surface area contributed by atoms with Gasteiger partial charge in [-0.25, -0.2) is 0 Å². The maximum Gasteiger partial charge on any atom is 0.0705 e. The van der Waals surface area contributed by atoms with E-state index in [-0.39, 0.29) is 0 Å². The van der Waals surface area contributed by atoms with Gasteiger partial charge in [0.15, 0.2) is 0 Å². The van der Waals surface area contributed by atoms with Gasteiger partial charge in [-0.1, -0.05) is 25.1 Å². The summed E-state index contributed by atoms with van der Waals surface area (Å²) in [6.07, 6.45) is 4.44. The number of nitrogens with zero attached hydrogens (tertiary/aromatic N) is 2. The second-order valence-electron chi connectivity index (χ2n) is 5.58. The molecule has 1 aliphatic rings. The molecular weight excluding hydrogens is 246 g/mol. The quantitative estimate of drug-likeness (QED) is 0.925. The van der Waals surface area contributed by atoms with Crippen molar-refractivity contribution in [2.45, 2.75) is 32.4 Å². The Morgan fingerprint density at radius 2 is 2.00 bits per heavy atom. The van der Waals surface area contributed by atoms with Crippen molar-refractivity contribution in [3.63, 3.8) is 0 Å². The molecular formula is C17H23N3. The molecule has 3 nitrogen and oxygen atoms in total. The number of rotatable bonds is 4. The summed E-state index contributed by atoms with van der Waals surface area (Å²) in [4.78, 5) is 6.95. The molecule has 3 heteroatoms. The van der Waals surface area contributed by atoms with Crippen LogP contribution in [0.4, 0.5) is 0 Å². The van der Waals surface area contributed by atoms with Crippen molar-refractivity contribution in [2.75, 3.05) is 19.6 Å². The zero-order valence-corrected chi connectivity index (χ0v) is 12.2. The lowest BCUT2D eigenvalue weighted by Gasteiger charge is -2.31. The average Bonchev–Trinajstić information content (AvgIpc) is 2.53. The van der Waals surface area contributed by atoms with Gasteiger partial charge in [-0.05, 0) is 50.2 Å². The number of benzene rings is 1. The number of pyridine rings is 1. The minimum atomic E-state index is 0.657. The van der Waals surface area contributed by atoms with Crippen molar-refractivity contribution in [1.82, 2.24) is 15.2 Å². The van der Waals surface area contributed by atoms with E-state index in [2.05, 4.69) is 46.4 Å². The largest absolute Gasteiger partial charge is 0.310 e. The lowest BCUT2D eigenvalue weighted by Crippen LogP contribution is -2.42. The molecule has 0 spiro atoms. The predicted octanol–water partition coefficient (Wildman–Crippen LogP) is 2.81. The van der Waals surface area contributed by atoms with Crippen molar-refractivity contribution < 1.29 is 0 Å². The highest BCUT2D eigenvalue weighted by Crippen LogP contribution is 2.17. The van der Waals surface area contributed by atoms with Crippen molar-refractivity contribution >= 4 is 10.9 Å². The summed E-state index contributed by atoms with van der Waals surface area (Å²) >= 11 is 0. The molecule has 0 radical (unpaired) electrons. The Hall–Kier alpha value is -1.45. The molecule has 0 amide bonds. The molecule has 0 bridgehead atoms. The van der Waals surface area contributed by atoms with Gasteiger partial charge < -0.3 is 10.2 Å². The first-order chi connectivity index (χ1) is 9.86. The molecule has 20 heavy (non-hydrogen) atoms. The number of fused-ring (bicyclic) bond motifs is 1. The summed E-state index contributed by atoms with van der Waals surface area (Å²) in [7, 11) is 0. The third-order valence-electron chi connectivity index (χ3n) is 4.36. The Labute approximate surface area is 121 Å². The van der Waals surface area contributed by atoms with Crippen LogP contribution in [0.3, 0.4) is 0 Å². The fraction of sp³-hybridized carbons (Fsp3) is 0.471. The SMILES string of the molecule is CCN1CCC(NCc2ccnc3ccccc23)CC1. The summed E-state index contributed by atoms with van der Waals surface area (Å²) in [5.74, 6) is 0. The monoisotopic (exact) mass is 269 g/mol. The van der Waals surface area contributed by atoms with Crippen molar-refractivity contribution in [3.8, 4) is 0 Å². The fourth-order valence-corrected chi connectivity index (χ4v) is 3.02. The molecule has 1 aromatic heterocycles. The van der Waals surface area contributed by atoms with Gasteiger partial charge in [-0.3, -0.25) is 4.98 Å². The number of para-hydroxylation sites is 1. The lowest BCUT2D eigenvalue weighted by atomic mass is 10.0. The third-order valence-corrected chi connectivity index (χ3v) is 4.36. The zero-order chi connectivity index (χ0) is 13.8. The fourth-order valence-electron chi connectivity index (χ4n) is 3.02. The van der Waals surface area contributed by atoms with Crippen molar-refractivity contribution in [1.29, 1.82) is 0 Å². The average molecular weight is 269 g/mol.